The maximum Gasteiger partial charge on any atom is 0.228 e. The molecule has 0 aliphatic rings. The number of anilines is 1. The molecule has 0 saturated carbocycles. The van der Waals surface area contributed by atoms with Gasteiger partial charge in [0.25, 0.3) is 0 Å². The Morgan fingerprint density at radius 1 is 0.800 bits per heavy atom. The first-order valence-corrected chi connectivity index (χ1v) is 11.1. The fraction of sp³-hybridized carbons (Fsp3) is 0.136. The van der Waals surface area contributed by atoms with Crippen molar-refractivity contribution in [2.24, 2.45) is 0 Å². The van der Waals surface area contributed by atoms with Gasteiger partial charge in [0.2, 0.25) is 5.52 Å². The summed E-state index contributed by atoms with van der Waals surface area (Å²) in [4.78, 5) is 3.46. The van der Waals surface area contributed by atoms with Crippen LogP contribution in [-0.4, -0.2) is 14.1 Å². The lowest BCUT2D eigenvalue weighted by Gasteiger charge is -2.17. The van der Waals surface area contributed by atoms with Gasteiger partial charge in [0.05, 0.1) is 5.39 Å². The summed E-state index contributed by atoms with van der Waals surface area (Å²) in [6, 6.07) is 28.2. The molecule has 0 atom stereocenters. The molecule has 0 unspecified atom stereocenters. The van der Waals surface area contributed by atoms with Crippen molar-refractivity contribution in [3.63, 3.8) is 0 Å². The number of halogens is 1. The van der Waals surface area contributed by atoms with Crippen molar-refractivity contribution >= 4 is 28.1 Å². The van der Waals surface area contributed by atoms with E-state index in [9.17, 15) is 0 Å². The van der Waals surface area contributed by atoms with E-state index in [-0.39, 0.29) is 0 Å². The van der Waals surface area contributed by atoms with E-state index in [0.29, 0.717) is 0 Å². The van der Waals surface area contributed by atoms with E-state index in [1.807, 2.05) is 11.5 Å². The van der Waals surface area contributed by atoms with E-state index in [0.717, 1.165) is 6.54 Å². The highest BCUT2D eigenvalue weighted by molar-refractivity contribution is 7.07. The molecule has 0 amide bonds. The molecule has 0 bridgehead atoms. The Labute approximate surface area is 181 Å². The van der Waals surface area contributed by atoms with E-state index in [1.54, 1.807) is 0 Å². The van der Waals surface area contributed by atoms with Crippen LogP contribution < -0.4 is 27.5 Å². The van der Waals surface area contributed by atoms with Crippen LogP contribution in [0.5, 0.6) is 0 Å². The van der Waals surface area contributed by atoms with Gasteiger partial charge < -0.3 is 4.90 Å². The highest BCUT2D eigenvalue weighted by Crippen LogP contribution is 2.32. The number of nitrogens with zero attached hydrogens (tertiary/aromatic N) is 2. The Morgan fingerprint density at radius 2 is 1.37 bits per heavy atom. The molecular weight excluding hydrogens is 424 g/mol. The molecule has 0 N–H and O–H groups in total. The third kappa shape index (κ3) is 5.99. The number of hydrogen-bond donors (Lipinski definition) is 0. The molecule has 0 saturated heterocycles. The summed E-state index contributed by atoms with van der Waals surface area (Å²) in [6.07, 6.45) is 0. The Bertz CT molecular complexity index is 1090. The van der Waals surface area contributed by atoms with E-state index >= 15 is 0 Å². The minimum absolute atomic E-state index is 0.905. The molecule has 8 heteroatoms. The molecule has 0 aliphatic carbocycles. The fourth-order valence-electron chi connectivity index (χ4n) is 3.08. The predicted molar refractivity (Wildman–Crippen MR) is 107 cm³/mol. The third-order valence-corrected chi connectivity index (χ3v) is 5.62. The van der Waals surface area contributed by atoms with Gasteiger partial charge >= 0.3 is 0 Å². The van der Waals surface area contributed by atoms with E-state index in [2.05, 4.69) is 102 Å². The van der Waals surface area contributed by atoms with Crippen molar-refractivity contribution in [2.45, 2.75) is 6.54 Å². The standard InChI is InChI=1S/C22H21N2S.ClHO4/c1-23(2)19-14-12-18(13-15-19)22-20-10-6-7-11-21(20)24(25-22)16-17-8-4-3-5-9-17;2-1(3,4)5/h3-15H,16H2,1-2H3;(H,2,3,4,5)/q+1;/p-1. The van der Waals surface area contributed by atoms with Gasteiger partial charge in [-0.1, -0.05) is 54.6 Å². The van der Waals surface area contributed by atoms with Crippen LogP contribution in [0.2, 0.25) is 0 Å². The lowest BCUT2D eigenvalue weighted by atomic mass is 10.1. The second-order valence-corrected chi connectivity index (χ2v) is 8.57. The van der Waals surface area contributed by atoms with Gasteiger partial charge in [0.1, 0.15) is 16.4 Å². The largest absolute Gasteiger partial charge is 0.378 e. The predicted octanol–water partition coefficient (Wildman–Crippen LogP) is 0.214. The van der Waals surface area contributed by atoms with Crippen LogP contribution in [0.15, 0.2) is 78.9 Å². The Hall–Kier alpha value is -2.52. The van der Waals surface area contributed by atoms with Gasteiger partial charge in [-0.15, -0.1) is 14.2 Å². The zero-order valence-corrected chi connectivity index (χ0v) is 18.1. The summed E-state index contributed by atoms with van der Waals surface area (Å²) in [5.74, 6) is 0. The molecule has 1 heterocycles. The van der Waals surface area contributed by atoms with Gasteiger partial charge in [0.15, 0.2) is 6.54 Å². The first kappa shape index (κ1) is 22.2. The van der Waals surface area contributed by atoms with Crippen molar-refractivity contribution in [1.82, 2.24) is 0 Å². The van der Waals surface area contributed by atoms with E-state index in [4.69, 9.17) is 18.6 Å². The van der Waals surface area contributed by atoms with Crippen molar-refractivity contribution < 1.29 is 32.8 Å². The molecule has 1 aromatic heterocycles. The first-order valence-electron chi connectivity index (χ1n) is 9.07. The quantitative estimate of drug-likeness (QED) is 0.419. The second-order valence-electron chi connectivity index (χ2n) is 6.78. The van der Waals surface area contributed by atoms with E-state index < -0.39 is 10.2 Å². The summed E-state index contributed by atoms with van der Waals surface area (Å²) in [5, 5.41) is 1.32. The average molecular weight is 445 g/mol. The van der Waals surface area contributed by atoms with Crippen LogP contribution in [0.4, 0.5) is 5.69 Å². The topological polar surface area (TPSA) is 99.4 Å². The minimum atomic E-state index is -4.94. The monoisotopic (exact) mass is 444 g/mol. The summed E-state index contributed by atoms with van der Waals surface area (Å²) in [7, 11) is -0.799. The Balaban J connectivity index is 0.000000461. The molecule has 0 spiro atoms. The highest BCUT2D eigenvalue weighted by Gasteiger charge is 2.20. The number of aromatic nitrogens is 1. The van der Waals surface area contributed by atoms with Crippen molar-refractivity contribution in [1.29, 1.82) is 0 Å². The summed E-state index contributed by atoms with van der Waals surface area (Å²) in [5.41, 5.74) is 5.12. The summed E-state index contributed by atoms with van der Waals surface area (Å²) in [6.45, 7) is 0.905. The summed E-state index contributed by atoms with van der Waals surface area (Å²) < 4.78 is 36.4. The minimum Gasteiger partial charge on any atom is -0.378 e. The smallest absolute Gasteiger partial charge is 0.228 e. The molecule has 156 valence electrons. The van der Waals surface area contributed by atoms with Crippen LogP contribution in [-0.2, 0) is 6.54 Å². The van der Waals surface area contributed by atoms with Gasteiger partial charge in [0, 0.05) is 31.4 Å². The molecule has 0 aliphatic heterocycles. The number of para-hydroxylation sites is 1. The first-order chi connectivity index (χ1) is 14.2. The number of hydrogen-bond acceptors (Lipinski definition) is 6. The normalized spacial score (nSPS) is 11.1. The fourth-order valence-corrected chi connectivity index (χ4v) is 4.28. The van der Waals surface area contributed by atoms with Crippen LogP contribution in [0, 0.1) is 10.2 Å². The number of fused-ring (bicyclic) bond motifs is 1. The molecule has 0 radical (unpaired) electrons. The van der Waals surface area contributed by atoms with Crippen molar-refractivity contribution in [3.05, 3.63) is 84.4 Å². The van der Waals surface area contributed by atoms with Crippen LogP contribution >= 0.6 is 11.5 Å². The number of benzene rings is 3. The molecule has 30 heavy (non-hydrogen) atoms. The zero-order valence-electron chi connectivity index (χ0n) is 16.5. The third-order valence-electron chi connectivity index (χ3n) is 4.43. The maximum atomic E-state index is 8.49. The molecular formula is C22H21ClN2O4S. The van der Waals surface area contributed by atoms with Gasteiger partial charge in [-0.2, -0.15) is 0 Å². The lowest BCUT2D eigenvalue weighted by molar-refractivity contribution is -2.00. The Morgan fingerprint density at radius 3 is 1.97 bits per heavy atom. The molecule has 3 aromatic carbocycles. The van der Waals surface area contributed by atoms with Crippen LogP contribution in [0.1, 0.15) is 5.56 Å². The SMILES string of the molecule is CN(C)c1ccc(-c2s[n+](Cc3ccccc3)c3ccccc23)cc1.[O-][Cl+3]([O-])([O-])[O-]. The van der Waals surface area contributed by atoms with Gasteiger partial charge in [-0.3, -0.25) is 0 Å². The van der Waals surface area contributed by atoms with Gasteiger partial charge in [-0.25, -0.2) is 18.6 Å². The van der Waals surface area contributed by atoms with Crippen LogP contribution in [0.3, 0.4) is 0 Å². The van der Waals surface area contributed by atoms with E-state index in [1.165, 1.54) is 32.6 Å². The number of rotatable bonds is 4. The average Bonchev–Trinajstić information content (AvgIpc) is 3.06. The Kier molecular flexibility index (Phi) is 7.04. The maximum absolute atomic E-state index is 8.49. The molecule has 4 rings (SSSR count). The summed E-state index contributed by atoms with van der Waals surface area (Å²) >= 11 is 1.84. The molecule has 6 nitrogen and oxygen atoms in total. The highest BCUT2D eigenvalue weighted by atomic mass is 35.7. The lowest BCUT2D eigenvalue weighted by Crippen LogP contribution is -2.68. The second kappa shape index (κ2) is 9.53. The zero-order chi connectivity index (χ0) is 21.7. The van der Waals surface area contributed by atoms with Crippen molar-refractivity contribution in [3.8, 4) is 10.4 Å². The van der Waals surface area contributed by atoms with Crippen LogP contribution in [0.25, 0.3) is 21.3 Å². The molecule has 4 aromatic rings. The van der Waals surface area contributed by atoms with Gasteiger partial charge in [-0.05, 0) is 23.8 Å². The molecule has 0 fully saturated rings. The van der Waals surface area contributed by atoms with Crippen molar-refractivity contribution in [2.75, 3.05) is 19.0 Å².